The van der Waals surface area contributed by atoms with E-state index in [2.05, 4.69) is 25.6 Å². The number of amides is 2. The highest BCUT2D eigenvalue weighted by Crippen LogP contribution is 2.34. The van der Waals surface area contributed by atoms with Gasteiger partial charge in [0.05, 0.1) is 16.9 Å². The van der Waals surface area contributed by atoms with E-state index in [0.29, 0.717) is 42.3 Å². The number of aryl methyl sites for hydroxylation is 2. The first kappa shape index (κ1) is 22.1. The average molecular weight is 468 g/mol. The van der Waals surface area contributed by atoms with Gasteiger partial charge in [-0.05, 0) is 62.4 Å². The van der Waals surface area contributed by atoms with Gasteiger partial charge in [0.25, 0.3) is 0 Å². The standard InChI is InChI=1S/C24H23F3N6O/c1-14-17-7-3-8-19(17)31-22(29-14)32-23(34)33-12-4-11-28-20-10-9-18(30-21(20)33)15-5-2-6-16(13-15)24(25,26)27/h2,5-6,9-10,13,28H,3-4,7-8,11-12H2,1H3,(H,29,31,32,34). The minimum atomic E-state index is -4.46. The molecule has 0 saturated carbocycles. The number of rotatable bonds is 2. The van der Waals surface area contributed by atoms with Gasteiger partial charge in [-0.15, -0.1) is 0 Å². The molecule has 2 aliphatic rings. The van der Waals surface area contributed by atoms with E-state index < -0.39 is 17.8 Å². The average Bonchev–Trinajstić information content (AvgIpc) is 3.18. The molecule has 1 aromatic carbocycles. The quantitative estimate of drug-likeness (QED) is 0.540. The highest BCUT2D eigenvalue weighted by Gasteiger charge is 2.31. The second-order valence-electron chi connectivity index (χ2n) is 8.42. The number of urea groups is 1. The van der Waals surface area contributed by atoms with Crippen molar-refractivity contribution in [2.45, 2.75) is 38.8 Å². The largest absolute Gasteiger partial charge is 0.416 e. The summed E-state index contributed by atoms with van der Waals surface area (Å²) in [5, 5.41) is 6.02. The van der Waals surface area contributed by atoms with Gasteiger partial charge in [0.1, 0.15) is 0 Å². The van der Waals surface area contributed by atoms with E-state index in [1.54, 1.807) is 18.2 Å². The zero-order valence-electron chi connectivity index (χ0n) is 18.5. The van der Waals surface area contributed by atoms with Crippen LogP contribution in [0.3, 0.4) is 0 Å². The van der Waals surface area contributed by atoms with E-state index in [-0.39, 0.29) is 5.95 Å². The molecule has 2 aromatic heterocycles. The predicted octanol–water partition coefficient (Wildman–Crippen LogP) is 5.21. The molecule has 176 valence electrons. The molecule has 0 spiro atoms. The zero-order valence-corrected chi connectivity index (χ0v) is 18.5. The number of carbonyl (C=O) groups is 1. The number of nitrogens with one attached hydrogen (secondary N) is 2. The molecule has 0 unspecified atom stereocenters. The number of pyridine rings is 1. The summed E-state index contributed by atoms with van der Waals surface area (Å²) in [5.41, 5.74) is 3.52. The van der Waals surface area contributed by atoms with E-state index in [9.17, 15) is 18.0 Å². The van der Waals surface area contributed by atoms with Gasteiger partial charge in [-0.1, -0.05) is 12.1 Å². The van der Waals surface area contributed by atoms with Gasteiger partial charge in [-0.25, -0.2) is 19.7 Å². The zero-order chi connectivity index (χ0) is 23.9. The fourth-order valence-corrected chi connectivity index (χ4v) is 4.41. The summed E-state index contributed by atoms with van der Waals surface area (Å²) in [6, 6.07) is 7.95. The molecular weight excluding hydrogens is 445 g/mol. The number of fused-ring (bicyclic) bond motifs is 2. The third-order valence-electron chi connectivity index (χ3n) is 6.09. The SMILES string of the molecule is Cc1nc(NC(=O)N2CCCNc3ccc(-c4cccc(C(F)(F)F)c4)nc32)nc2c1CCC2. The van der Waals surface area contributed by atoms with Gasteiger partial charge in [0, 0.05) is 30.0 Å². The summed E-state index contributed by atoms with van der Waals surface area (Å²) in [6.45, 7) is 2.93. The van der Waals surface area contributed by atoms with E-state index in [1.807, 2.05) is 6.92 Å². The Hall–Kier alpha value is -3.69. The van der Waals surface area contributed by atoms with Crippen molar-refractivity contribution < 1.29 is 18.0 Å². The molecule has 3 aromatic rings. The number of aromatic nitrogens is 3. The lowest BCUT2D eigenvalue weighted by atomic mass is 10.1. The molecule has 7 nitrogen and oxygen atoms in total. The number of carbonyl (C=O) groups excluding carboxylic acids is 1. The third kappa shape index (κ3) is 4.27. The van der Waals surface area contributed by atoms with Crippen LogP contribution in [-0.4, -0.2) is 34.1 Å². The van der Waals surface area contributed by atoms with Crippen LogP contribution < -0.4 is 15.5 Å². The van der Waals surface area contributed by atoms with Crippen LogP contribution >= 0.6 is 0 Å². The number of alkyl halides is 3. The molecule has 10 heteroatoms. The van der Waals surface area contributed by atoms with Crippen molar-refractivity contribution in [1.29, 1.82) is 0 Å². The Morgan fingerprint density at radius 2 is 1.94 bits per heavy atom. The summed E-state index contributed by atoms with van der Waals surface area (Å²) < 4.78 is 39.6. The first-order chi connectivity index (χ1) is 16.3. The fraction of sp³-hybridized carbons (Fsp3) is 0.333. The Bertz CT molecular complexity index is 1260. The van der Waals surface area contributed by atoms with Crippen molar-refractivity contribution in [3.05, 3.63) is 58.9 Å². The molecule has 0 radical (unpaired) electrons. The number of hydrogen-bond acceptors (Lipinski definition) is 5. The van der Waals surface area contributed by atoms with Crippen molar-refractivity contribution >= 4 is 23.5 Å². The number of nitrogens with zero attached hydrogens (tertiary/aromatic N) is 4. The van der Waals surface area contributed by atoms with Crippen LogP contribution in [0.2, 0.25) is 0 Å². The first-order valence-electron chi connectivity index (χ1n) is 11.2. The first-order valence-corrected chi connectivity index (χ1v) is 11.2. The Morgan fingerprint density at radius 3 is 2.76 bits per heavy atom. The van der Waals surface area contributed by atoms with Gasteiger partial charge in [-0.2, -0.15) is 13.2 Å². The normalized spacial score (nSPS) is 15.2. The van der Waals surface area contributed by atoms with Gasteiger partial charge in [0.2, 0.25) is 5.95 Å². The lowest BCUT2D eigenvalue weighted by Crippen LogP contribution is -2.36. The summed E-state index contributed by atoms with van der Waals surface area (Å²) >= 11 is 0. The van der Waals surface area contributed by atoms with Crippen molar-refractivity contribution in [3.63, 3.8) is 0 Å². The smallest absolute Gasteiger partial charge is 0.382 e. The third-order valence-corrected chi connectivity index (χ3v) is 6.09. The van der Waals surface area contributed by atoms with E-state index in [1.165, 1.54) is 11.0 Å². The summed E-state index contributed by atoms with van der Waals surface area (Å²) in [5.74, 6) is 0.596. The monoisotopic (exact) mass is 468 g/mol. The summed E-state index contributed by atoms with van der Waals surface area (Å²) in [7, 11) is 0. The summed E-state index contributed by atoms with van der Waals surface area (Å²) in [4.78, 5) is 28.3. The minimum Gasteiger partial charge on any atom is -0.382 e. The molecule has 0 bridgehead atoms. The lowest BCUT2D eigenvalue weighted by molar-refractivity contribution is -0.137. The van der Waals surface area contributed by atoms with Crippen LogP contribution in [0, 0.1) is 6.92 Å². The maximum Gasteiger partial charge on any atom is 0.416 e. The van der Waals surface area contributed by atoms with Crippen molar-refractivity contribution in [1.82, 2.24) is 15.0 Å². The molecule has 2 N–H and O–H groups in total. The summed E-state index contributed by atoms with van der Waals surface area (Å²) in [6.07, 6.45) is -0.950. The van der Waals surface area contributed by atoms with Crippen molar-refractivity contribution in [2.75, 3.05) is 28.6 Å². The second kappa shape index (κ2) is 8.58. The molecule has 0 saturated heterocycles. The Balaban J connectivity index is 1.47. The second-order valence-corrected chi connectivity index (χ2v) is 8.42. The van der Waals surface area contributed by atoms with Crippen LogP contribution in [0.25, 0.3) is 11.3 Å². The fourth-order valence-electron chi connectivity index (χ4n) is 4.41. The van der Waals surface area contributed by atoms with E-state index in [4.69, 9.17) is 0 Å². The maximum absolute atomic E-state index is 13.2. The Labute approximate surface area is 194 Å². The Kier molecular flexibility index (Phi) is 5.59. The molecule has 1 aliphatic heterocycles. The number of hydrogen-bond donors (Lipinski definition) is 2. The van der Waals surface area contributed by atoms with Gasteiger partial charge >= 0.3 is 12.2 Å². The Morgan fingerprint density at radius 1 is 1.09 bits per heavy atom. The van der Waals surface area contributed by atoms with Crippen molar-refractivity contribution in [2.24, 2.45) is 0 Å². The number of anilines is 3. The molecule has 0 fully saturated rings. The van der Waals surface area contributed by atoms with Crippen LogP contribution in [0.5, 0.6) is 0 Å². The minimum absolute atomic E-state index is 0.246. The molecule has 1 aliphatic carbocycles. The topological polar surface area (TPSA) is 83.0 Å². The van der Waals surface area contributed by atoms with E-state index in [0.717, 1.165) is 48.3 Å². The van der Waals surface area contributed by atoms with Gasteiger partial charge in [-0.3, -0.25) is 10.2 Å². The van der Waals surface area contributed by atoms with Crippen LogP contribution in [-0.2, 0) is 19.0 Å². The van der Waals surface area contributed by atoms with Gasteiger partial charge < -0.3 is 5.32 Å². The maximum atomic E-state index is 13.2. The van der Waals surface area contributed by atoms with E-state index >= 15 is 0 Å². The van der Waals surface area contributed by atoms with Crippen LogP contribution in [0.4, 0.5) is 35.4 Å². The highest BCUT2D eigenvalue weighted by atomic mass is 19.4. The predicted molar refractivity (Wildman–Crippen MR) is 123 cm³/mol. The highest BCUT2D eigenvalue weighted by molar-refractivity contribution is 6.02. The van der Waals surface area contributed by atoms with Crippen LogP contribution in [0.15, 0.2) is 36.4 Å². The molecule has 34 heavy (non-hydrogen) atoms. The molecule has 5 rings (SSSR count). The van der Waals surface area contributed by atoms with Crippen molar-refractivity contribution in [3.8, 4) is 11.3 Å². The molecule has 3 heterocycles. The van der Waals surface area contributed by atoms with Gasteiger partial charge in [0.15, 0.2) is 5.82 Å². The molecule has 2 amide bonds. The number of halogens is 3. The van der Waals surface area contributed by atoms with Crippen LogP contribution in [0.1, 0.15) is 35.4 Å². The lowest BCUT2D eigenvalue weighted by Gasteiger charge is -2.22. The molecule has 0 atom stereocenters. The molecular formula is C24H23F3N6O. The number of benzene rings is 1.